The molecule has 20 heavy (non-hydrogen) atoms. The summed E-state index contributed by atoms with van der Waals surface area (Å²) >= 11 is 0. The van der Waals surface area contributed by atoms with Gasteiger partial charge in [0.05, 0.1) is 0 Å². The number of nitrogens with one attached hydrogen (secondary N) is 2. The number of hydrogen-bond donors (Lipinski definition) is 2. The van der Waals surface area contributed by atoms with Crippen LogP contribution in [-0.4, -0.2) is 48.4 Å². The number of piperazine rings is 1. The van der Waals surface area contributed by atoms with Crippen LogP contribution in [0.25, 0.3) is 0 Å². The Bertz CT molecular complexity index is 475. The van der Waals surface area contributed by atoms with Crippen molar-refractivity contribution in [1.82, 2.24) is 15.5 Å². The highest BCUT2D eigenvalue weighted by Gasteiger charge is 2.27. The van der Waals surface area contributed by atoms with E-state index >= 15 is 0 Å². The molecule has 5 nitrogen and oxygen atoms in total. The molecule has 1 aliphatic heterocycles. The van der Waals surface area contributed by atoms with Gasteiger partial charge < -0.3 is 15.5 Å². The molecule has 1 aliphatic rings. The fraction of sp³-hybridized carbons (Fsp3) is 0.467. The van der Waals surface area contributed by atoms with Crippen LogP contribution < -0.4 is 10.6 Å². The van der Waals surface area contributed by atoms with Gasteiger partial charge in [0.15, 0.2) is 0 Å². The smallest absolute Gasteiger partial charge is 0.251 e. The second kappa shape index (κ2) is 6.52. The van der Waals surface area contributed by atoms with Gasteiger partial charge in [-0.1, -0.05) is 18.2 Å². The maximum absolute atomic E-state index is 12.4. The molecule has 0 aromatic heterocycles. The zero-order valence-corrected chi connectivity index (χ0v) is 11.9. The van der Waals surface area contributed by atoms with Crippen molar-refractivity contribution in [1.29, 1.82) is 0 Å². The summed E-state index contributed by atoms with van der Waals surface area (Å²) in [5.41, 5.74) is 0.570. The zero-order chi connectivity index (χ0) is 14.5. The van der Waals surface area contributed by atoms with Gasteiger partial charge in [0.2, 0.25) is 5.91 Å². The number of amides is 2. The molecule has 1 unspecified atom stereocenters. The summed E-state index contributed by atoms with van der Waals surface area (Å²) in [6, 6.07) is 8.59. The molecule has 0 spiro atoms. The molecule has 1 fully saturated rings. The van der Waals surface area contributed by atoms with Crippen LogP contribution in [0.5, 0.6) is 0 Å². The molecule has 2 N–H and O–H groups in total. The molecule has 1 aromatic rings. The summed E-state index contributed by atoms with van der Waals surface area (Å²) in [6.07, 6.45) is 0. The van der Waals surface area contributed by atoms with Crippen LogP contribution in [-0.2, 0) is 4.79 Å². The molecule has 2 atom stereocenters. The van der Waals surface area contributed by atoms with Crippen molar-refractivity contribution >= 4 is 11.8 Å². The summed E-state index contributed by atoms with van der Waals surface area (Å²) in [5, 5.41) is 6.01. The molecule has 1 saturated heterocycles. The van der Waals surface area contributed by atoms with E-state index < -0.39 is 6.04 Å². The van der Waals surface area contributed by atoms with Gasteiger partial charge in [0.25, 0.3) is 5.91 Å². The van der Waals surface area contributed by atoms with Crippen molar-refractivity contribution in [3.63, 3.8) is 0 Å². The van der Waals surface area contributed by atoms with E-state index in [4.69, 9.17) is 0 Å². The van der Waals surface area contributed by atoms with Gasteiger partial charge in [-0.3, -0.25) is 9.59 Å². The normalized spacial score (nSPS) is 20.3. The monoisotopic (exact) mass is 275 g/mol. The van der Waals surface area contributed by atoms with Crippen molar-refractivity contribution in [3.05, 3.63) is 35.9 Å². The van der Waals surface area contributed by atoms with Gasteiger partial charge in [-0.05, 0) is 26.0 Å². The average Bonchev–Trinajstić information content (AvgIpc) is 2.48. The predicted octanol–water partition coefficient (Wildman–Crippen LogP) is 0.625. The Morgan fingerprint density at radius 1 is 1.35 bits per heavy atom. The van der Waals surface area contributed by atoms with E-state index in [1.165, 1.54) is 0 Å². The molecular weight excluding hydrogens is 254 g/mol. The highest BCUT2D eigenvalue weighted by molar-refractivity contribution is 5.97. The minimum atomic E-state index is -0.511. The summed E-state index contributed by atoms with van der Waals surface area (Å²) in [4.78, 5) is 26.2. The van der Waals surface area contributed by atoms with Crippen molar-refractivity contribution < 1.29 is 9.59 Å². The van der Waals surface area contributed by atoms with E-state index in [-0.39, 0.29) is 17.9 Å². The van der Waals surface area contributed by atoms with E-state index in [0.29, 0.717) is 12.1 Å². The Hall–Kier alpha value is -1.88. The van der Waals surface area contributed by atoms with Crippen LogP contribution >= 0.6 is 0 Å². The van der Waals surface area contributed by atoms with E-state index in [1.807, 2.05) is 17.9 Å². The van der Waals surface area contributed by atoms with E-state index in [2.05, 4.69) is 10.6 Å². The van der Waals surface area contributed by atoms with Crippen LogP contribution in [0.3, 0.4) is 0 Å². The Balaban J connectivity index is 1.95. The van der Waals surface area contributed by atoms with Crippen molar-refractivity contribution in [3.8, 4) is 0 Å². The lowest BCUT2D eigenvalue weighted by molar-refractivity contribution is -0.135. The molecule has 5 heteroatoms. The minimum Gasteiger partial charge on any atom is -0.341 e. The third kappa shape index (κ3) is 3.36. The Morgan fingerprint density at radius 3 is 2.70 bits per heavy atom. The van der Waals surface area contributed by atoms with Crippen LogP contribution in [0.15, 0.2) is 30.3 Å². The van der Waals surface area contributed by atoms with E-state index in [9.17, 15) is 9.59 Å². The van der Waals surface area contributed by atoms with Crippen molar-refractivity contribution in [2.45, 2.75) is 25.9 Å². The van der Waals surface area contributed by atoms with Crippen LogP contribution in [0, 0.1) is 0 Å². The Kier molecular flexibility index (Phi) is 4.74. The average molecular weight is 275 g/mol. The lowest BCUT2D eigenvalue weighted by Crippen LogP contribution is -2.57. The largest absolute Gasteiger partial charge is 0.341 e. The maximum atomic E-state index is 12.4. The third-order valence-corrected chi connectivity index (χ3v) is 3.54. The number of benzene rings is 1. The minimum absolute atomic E-state index is 0.0247. The van der Waals surface area contributed by atoms with Gasteiger partial charge in [-0.15, -0.1) is 0 Å². The summed E-state index contributed by atoms with van der Waals surface area (Å²) in [7, 11) is 0. The highest BCUT2D eigenvalue weighted by atomic mass is 16.2. The number of carbonyl (C=O) groups excluding carboxylic acids is 2. The lowest BCUT2D eigenvalue weighted by Gasteiger charge is -2.35. The van der Waals surface area contributed by atoms with Gasteiger partial charge in [-0.2, -0.15) is 0 Å². The number of carbonyl (C=O) groups is 2. The first-order chi connectivity index (χ1) is 9.59. The predicted molar refractivity (Wildman–Crippen MR) is 77.4 cm³/mol. The fourth-order valence-electron chi connectivity index (χ4n) is 2.35. The number of hydrogen-bond acceptors (Lipinski definition) is 3. The Labute approximate surface area is 119 Å². The SMILES string of the molecule is CC(NC(=O)c1ccccc1)C(=O)N1CCNC[C@@H]1C. The topological polar surface area (TPSA) is 61.4 Å². The molecule has 0 radical (unpaired) electrons. The van der Waals surface area contributed by atoms with Crippen LogP contribution in [0.1, 0.15) is 24.2 Å². The molecule has 0 bridgehead atoms. The summed E-state index contributed by atoms with van der Waals surface area (Å²) in [5.74, 6) is -0.238. The first-order valence-electron chi connectivity index (χ1n) is 6.96. The number of rotatable bonds is 3. The molecule has 2 amide bonds. The maximum Gasteiger partial charge on any atom is 0.251 e. The van der Waals surface area contributed by atoms with Crippen molar-refractivity contribution in [2.24, 2.45) is 0 Å². The molecule has 0 aliphatic carbocycles. The van der Waals surface area contributed by atoms with Gasteiger partial charge in [0, 0.05) is 31.2 Å². The second-order valence-corrected chi connectivity index (χ2v) is 5.15. The van der Waals surface area contributed by atoms with Gasteiger partial charge in [0.1, 0.15) is 6.04 Å². The lowest BCUT2D eigenvalue weighted by atomic mass is 10.1. The van der Waals surface area contributed by atoms with Crippen molar-refractivity contribution in [2.75, 3.05) is 19.6 Å². The third-order valence-electron chi connectivity index (χ3n) is 3.54. The van der Waals surface area contributed by atoms with Crippen LogP contribution in [0.2, 0.25) is 0 Å². The molecule has 108 valence electrons. The summed E-state index contributed by atoms with van der Waals surface area (Å²) < 4.78 is 0. The number of nitrogens with zero attached hydrogens (tertiary/aromatic N) is 1. The summed E-state index contributed by atoms with van der Waals surface area (Å²) in [6.45, 7) is 6.03. The first-order valence-corrected chi connectivity index (χ1v) is 6.96. The van der Waals surface area contributed by atoms with Crippen LogP contribution in [0.4, 0.5) is 0 Å². The molecule has 0 saturated carbocycles. The highest BCUT2D eigenvalue weighted by Crippen LogP contribution is 2.06. The standard InChI is InChI=1S/C15H21N3O2/c1-11-10-16-8-9-18(11)15(20)12(2)17-14(19)13-6-4-3-5-7-13/h3-7,11-12,16H,8-10H2,1-2H3,(H,17,19)/t11-,12?/m0/s1. The Morgan fingerprint density at radius 2 is 2.05 bits per heavy atom. The molecule has 1 aromatic carbocycles. The molecule has 1 heterocycles. The zero-order valence-electron chi connectivity index (χ0n) is 11.9. The van der Waals surface area contributed by atoms with Gasteiger partial charge >= 0.3 is 0 Å². The fourth-order valence-corrected chi connectivity index (χ4v) is 2.35. The van der Waals surface area contributed by atoms with E-state index in [1.54, 1.807) is 31.2 Å². The second-order valence-electron chi connectivity index (χ2n) is 5.15. The van der Waals surface area contributed by atoms with E-state index in [0.717, 1.165) is 13.1 Å². The van der Waals surface area contributed by atoms with Gasteiger partial charge in [-0.25, -0.2) is 0 Å². The quantitative estimate of drug-likeness (QED) is 0.850. The molecular formula is C15H21N3O2. The first kappa shape index (κ1) is 14.5. The molecule has 2 rings (SSSR count).